The van der Waals surface area contributed by atoms with E-state index in [1.807, 2.05) is 31.4 Å². The molecule has 0 amide bonds. The number of hydrogen-bond acceptors (Lipinski definition) is 4. The van der Waals surface area contributed by atoms with Crippen molar-refractivity contribution in [2.45, 2.75) is 31.8 Å². The van der Waals surface area contributed by atoms with E-state index >= 15 is 0 Å². The second-order valence-electron chi connectivity index (χ2n) is 5.58. The Bertz CT molecular complexity index is 647. The van der Waals surface area contributed by atoms with E-state index in [1.54, 1.807) is 16.9 Å². The monoisotopic (exact) mass is 300 g/mol. The molecule has 1 aromatic heterocycles. The van der Waals surface area contributed by atoms with Crippen LogP contribution in [0, 0.1) is 0 Å². The molecular weight excluding hydrogens is 280 g/mol. The lowest BCUT2D eigenvalue weighted by atomic mass is 9.96. The Hall–Kier alpha value is -2.30. The third kappa shape index (κ3) is 3.47. The highest BCUT2D eigenvalue weighted by Crippen LogP contribution is 2.27. The van der Waals surface area contributed by atoms with Gasteiger partial charge in [0.15, 0.2) is 0 Å². The van der Waals surface area contributed by atoms with Crippen LogP contribution in [0.25, 0.3) is 0 Å². The van der Waals surface area contributed by atoms with Crippen LogP contribution in [0.2, 0.25) is 0 Å². The molecule has 0 aliphatic heterocycles. The third-order valence-corrected chi connectivity index (χ3v) is 3.84. The summed E-state index contributed by atoms with van der Waals surface area (Å²) in [6.07, 6.45) is 7.91. The van der Waals surface area contributed by atoms with E-state index in [1.165, 1.54) is 6.42 Å². The summed E-state index contributed by atoms with van der Waals surface area (Å²) in [5, 5.41) is 4.09. The lowest BCUT2D eigenvalue weighted by Gasteiger charge is -2.27. The fourth-order valence-electron chi connectivity index (χ4n) is 2.35. The molecule has 1 aliphatic rings. The normalized spacial score (nSPS) is 14.4. The molecule has 1 heterocycles. The van der Waals surface area contributed by atoms with E-state index in [2.05, 4.69) is 5.10 Å². The van der Waals surface area contributed by atoms with Crippen LogP contribution < -0.4 is 4.74 Å². The van der Waals surface area contributed by atoms with Gasteiger partial charge in [-0.3, -0.25) is 4.68 Å². The predicted octanol–water partition coefficient (Wildman–Crippen LogP) is 2.75. The van der Waals surface area contributed by atoms with E-state index in [0.29, 0.717) is 24.3 Å². The molecular formula is C17H20N2O3. The molecule has 22 heavy (non-hydrogen) atoms. The molecule has 0 atom stereocenters. The number of nitrogens with zero attached hydrogens (tertiary/aromatic N) is 2. The number of para-hydroxylation sites is 1. The quantitative estimate of drug-likeness (QED) is 0.770. The average Bonchev–Trinajstić information content (AvgIpc) is 2.89. The Labute approximate surface area is 129 Å². The summed E-state index contributed by atoms with van der Waals surface area (Å²) in [6, 6.07) is 7.28. The SMILES string of the molecule is Cn1cc(CCOC(=O)c2ccccc2OC2CCC2)cn1. The Balaban J connectivity index is 1.57. The molecule has 0 spiro atoms. The van der Waals surface area contributed by atoms with Gasteiger partial charge in [-0.1, -0.05) is 12.1 Å². The smallest absolute Gasteiger partial charge is 0.341 e. The number of rotatable bonds is 6. The first kappa shape index (κ1) is 14.6. The number of aryl methyl sites for hydroxylation is 1. The van der Waals surface area contributed by atoms with Crippen molar-refractivity contribution in [3.63, 3.8) is 0 Å². The molecule has 1 aromatic carbocycles. The van der Waals surface area contributed by atoms with E-state index < -0.39 is 0 Å². The minimum absolute atomic E-state index is 0.240. The molecule has 0 bridgehead atoms. The van der Waals surface area contributed by atoms with Crippen LogP contribution in [0.3, 0.4) is 0 Å². The van der Waals surface area contributed by atoms with Gasteiger partial charge in [-0.15, -0.1) is 0 Å². The summed E-state index contributed by atoms with van der Waals surface area (Å²) in [5.74, 6) is 0.289. The fourth-order valence-corrected chi connectivity index (χ4v) is 2.35. The van der Waals surface area contributed by atoms with Crippen LogP contribution in [-0.2, 0) is 18.2 Å². The van der Waals surface area contributed by atoms with Gasteiger partial charge in [0.2, 0.25) is 0 Å². The van der Waals surface area contributed by atoms with Gasteiger partial charge < -0.3 is 9.47 Å². The summed E-state index contributed by atoms with van der Waals surface area (Å²) < 4.78 is 13.0. The standard InChI is InChI=1S/C17H20N2O3/c1-19-12-13(11-18-19)9-10-21-17(20)15-7-2-3-8-16(15)22-14-5-4-6-14/h2-3,7-8,11-12,14H,4-6,9-10H2,1H3. The van der Waals surface area contributed by atoms with E-state index in [0.717, 1.165) is 18.4 Å². The van der Waals surface area contributed by atoms with Crippen LogP contribution >= 0.6 is 0 Å². The van der Waals surface area contributed by atoms with Gasteiger partial charge in [0.25, 0.3) is 0 Å². The van der Waals surface area contributed by atoms with Gasteiger partial charge in [-0.25, -0.2) is 4.79 Å². The molecule has 3 rings (SSSR count). The highest BCUT2D eigenvalue weighted by atomic mass is 16.5. The summed E-state index contributed by atoms with van der Waals surface area (Å²) in [5.41, 5.74) is 1.55. The highest BCUT2D eigenvalue weighted by molar-refractivity contribution is 5.92. The van der Waals surface area contributed by atoms with Crippen LogP contribution in [0.1, 0.15) is 35.2 Å². The molecule has 0 saturated heterocycles. The molecule has 1 saturated carbocycles. The van der Waals surface area contributed by atoms with Crippen molar-refractivity contribution >= 4 is 5.97 Å². The molecule has 2 aromatic rings. The predicted molar refractivity (Wildman–Crippen MR) is 81.9 cm³/mol. The van der Waals surface area contributed by atoms with Crippen molar-refractivity contribution < 1.29 is 14.3 Å². The second kappa shape index (κ2) is 6.64. The number of carbonyl (C=O) groups excluding carboxylic acids is 1. The van der Waals surface area contributed by atoms with Gasteiger partial charge in [0.05, 0.1) is 18.9 Å². The van der Waals surface area contributed by atoms with E-state index in [9.17, 15) is 4.79 Å². The first-order valence-corrected chi connectivity index (χ1v) is 7.63. The lowest BCUT2D eigenvalue weighted by molar-refractivity contribution is 0.0495. The number of ether oxygens (including phenoxy) is 2. The number of aromatic nitrogens is 2. The molecule has 0 N–H and O–H groups in total. The van der Waals surface area contributed by atoms with Crippen LogP contribution in [0.15, 0.2) is 36.7 Å². The first-order chi connectivity index (χ1) is 10.7. The maximum absolute atomic E-state index is 12.2. The zero-order valence-electron chi connectivity index (χ0n) is 12.7. The molecule has 0 unspecified atom stereocenters. The zero-order chi connectivity index (χ0) is 15.4. The third-order valence-electron chi connectivity index (χ3n) is 3.84. The molecule has 0 radical (unpaired) electrons. The minimum Gasteiger partial charge on any atom is -0.490 e. The first-order valence-electron chi connectivity index (χ1n) is 7.63. The van der Waals surface area contributed by atoms with E-state index in [-0.39, 0.29) is 12.1 Å². The highest BCUT2D eigenvalue weighted by Gasteiger charge is 2.22. The van der Waals surface area contributed by atoms with Crippen LogP contribution in [0.5, 0.6) is 5.75 Å². The van der Waals surface area contributed by atoms with Crippen molar-refractivity contribution in [2.75, 3.05) is 6.61 Å². The number of esters is 1. The maximum atomic E-state index is 12.2. The van der Waals surface area contributed by atoms with Gasteiger partial charge in [0, 0.05) is 19.7 Å². The largest absolute Gasteiger partial charge is 0.490 e. The Morgan fingerprint density at radius 3 is 2.86 bits per heavy atom. The maximum Gasteiger partial charge on any atom is 0.341 e. The van der Waals surface area contributed by atoms with Gasteiger partial charge in [0.1, 0.15) is 11.3 Å². The molecule has 116 valence electrons. The summed E-state index contributed by atoms with van der Waals surface area (Å²) in [6.45, 7) is 0.336. The topological polar surface area (TPSA) is 53.4 Å². The zero-order valence-corrected chi connectivity index (χ0v) is 12.7. The van der Waals surface area contributed by atoms with Crippen LogP contribution in [-0.4, -0.2) is 28.5 Å². The van der Waals surface area contributed by atoms with Crippen LogP contribution in [0.4, 0.5) is 0 Å². The Morgan fingerprint density at radius 2 is 2.18 bits per heavy atom. The van der Waals surface area contributed by atoms with Gasteiger partial charge in [-0.2, -0.15) is 5.10 Å². The minimum atomic E-state index is -0.334. The van der Waals surface area contributed by atoms with Crippen molar-refractivity contribution in [3.8, 4) is 5.75 Å². The Morgan fingerprint density at radius 1 is 1.36 bits per heavy atom. The van der Waals surface area contributed by atoms with Crippen molar-refractivity contribution in [1.82, 2.24) is 9.78 Å². The van der Waals surface area contributed by atoms with Gasteiger partial charge >= 0.3 is 5.97 Å². The molecule has 1 aliphatic carbocycles. The summed E-state index contributed by atoms with van der Waals surface area (Å²) >= 11 is 0. The molecule has 1 fully saturated rings. The number of carbonyl (C=O) groups is 1. The van der Waals surface area contributed by atoms with E-state index in [4.69, 9.17) is 9.47 Å². The van der Waals surface area contributed by atoms with Crippen molar-refractivity contribution in [3.05, 3.63) is 47.8 Å². The average molecular weight is 300 g/mol. The number of hydrogen-bond donors (Lipinski definition) is 0. The fraction of sp³-hybridized carbons (Fsp3) is 0.412. The molecule has 5 heteroatoms. The summed E-state index contributed by atoms with van der Waals surface area (Å²) in [4.78, 5) is 12.2. The Kier molecular flexibility index (Phi) is 4.42. The lowest BCUT2D eigenvalue weighted by Crippen LogP contribution is -2.25. The number of benzene rings is 1. The molecule has 5 nitrogen and oxygen atoms in total. The summed E-state index contributed by atoms with van der Waals surface area (Å²) in [7, 11) is 1.86. The second-order valence-corrected chi connectivity index (χ2v) is 5.58. The van der Waals surface area contributed by atoms with Crippen molar-refractivity contribution in [1.29, 1.82) is 0 Å². The van der Waals surface area contributed by atoms with Crippen molar-refractivity contribution in [2.24, 2.45) is 7.05 Å². The van der Waals surface area contributed by atoms with Gasteiger partial charge in [-0.05, 0) is 37.0 Å².